The summed E-state index contributed by atoms with van der Waals surface area (Å²) in [5.74, 6) is 0.0971. The van der Waals surface area contributed by atoms with Gasteiger partial charge < -0.3 is 20.3 Å². The van der Waals surface area contributed by atoms with Crippen LogP contribution in [0.4, 0.5) is 10.5 Å². The second kappa shape index (κ2) is 8.46. The highest BCUT2D eigenvalue weighted by Crippen LogP contribution is 2.30. The molecule has 3 rings (SSSR count). The fourth-order valence-corrected chi connectivity index (χ4v) is 3.80. The predicted octanol–water partition coefficient (Wildman–Crippen LogP) is 3.50. The van der Waals surface area contributed by atoms with Crippen molar-refractivity contribution in [2.45, 2.75) is 45.1 Å². The molecule has 0 radical (unpaired) electrons. The van der Waals surface area contributed by atoms with Crippen molar-refractivity contribution in [2.75, 3.05) is 25.6 Å². The van der Waals surface area contributed by atoms with Gasteiger partial charge in [0, 0.05) is 25.5 Å². The first-order valence-electron chi connectivity index (χ1n) is 9.68. The van der Waals surface area contributed by atoms with Crippen LogP contribution in [-0.2, 0) is 9.53 Å². The molecule has 6 nitrogen and oxygen atoms in total. The van der Waals surface area contributed by atoms with Crippen LogP contribution in [0, 0.1) is 5.92 Å². The SMILES string of the molecule is CC1=C(C(=O)OCC2CCCCC2)[C@@H](c2ccc(N(C)C)cc2)NC(=O)N1. The fourth-order valence-electron chi connectivity index (χ4n) is 3.80. The molecule has 1 heterocycles. The van der Waals surface area contributed by atoms with Gasteiger partial charge in [0.05, 0.1) is 18.2 Å². The predicted molar refractivity (Wildman–Crippen MR) is 105 cm³/mol. The highest BCUT2D eigenvalue weighted by atomic mass is 16.5. The summed E-state index contributed by atoms with van der Waals surface area (Å²) in [5, 5.41) is 5.56. The number of rotatable bonds is 5. The van der Waals surface area contributed by atoms with Gasteiger partial charge in [0.25, 0.3) is 0 Å². The molecule has 0 unspecified atom stereocenters. The lowest BCUT2D eigenvalue weighted by Gasteiger charge is -2.29. The molecule has 1 fully saturated rings. The van der Waals surface area contributed by atoms with E-state index in [0.29, 0.717) is 23.8 Å². The quantitative estimate of drug-likeness (QED) is 0.777. The Balaban J connectivity index is 1.77. The average Bonchev–Trinajstić information content (AvgIpc) is 2.66. The van der Waals surface area contributed by atoms with Crippen molar-refractivity contribution in [1.29, 1.82) is 0 Å². The van der Waals surface area contributed by atoms with Crippen LogP contribution < -0.4 is 15.5 Å². The van der Waals surface area contributed by atoms with Crippen LogP contribution in [0.3, 0.4) is 0 Å². The lowest BCUT2D eigenvalue weighted by Crippen LogP contribution is -2.45. The van der Waals surface area contributed by atoms with Crippen molar-refractivity contribution in [2.24, 2.45) is 5.92 Å². The molecule has 1 aromatic carbocycles. The van der Waals surface area contributed by atoms with E-state index < -0.39 is 6.04 Å². The number of benzene rings is 1. The Hall–Kier alpha value is -2.50. The molecular formula is C21H29N3O3. The maximum atomic E-state index is 12.8. The van der Waals surface area contributed by atoms with Crippen molar-refractivity contribution in [1.82, 2.24) is 10.6 Å². The molecule has 1 saturated carbocycles. The van der Waals surface area contributed by atoms with E-state index in [9.17, 15) is 9.59 Å². The Bertz CT molecular complexity index is 719. The third kappa shape index (κ3) is 4.62. The minimum Gasteiger partial charge on any atom is -0.462 e. The van der Waals surface area contributed by atoms with Crippen LogP contribution in [0.2, 0.25) is 0 Å². The third-order valence-electron chi connectivity index (χ3n) is 5.41. The summed E-state index contributed by atoms with van der Waals surface area (Å²) in [4.78, 5) is 26.8. The Kier molecular flexibility index (Phi) is 6.04. The second-order valence-corrected chi connectivity index (χ2v) is 7.66. The van der Waals surface area contributed by atoms with Gasteiger partial charge in [-0.3, -0.25) is 0 Å². The molecule has 146 valence electrons. The molecule has 0 spiro atoms. The Morgan fingerprint density at radius 2 is 1.81 bits per heavy atom. The van der Waals surface area contributed by atoms with E-state index in [-0.39, 0.29) is 12.0 Å². The number of anilines is 1. The Labute approximate surface area is 161 Å². The standard InChI is InChI=1S/C21H29N3O3/c1-14-18(20(25)27-13-15-7-5-4-6-8-15)19(23-21(26)22-14)16-9-11-17(12-10-16)24(2)3/h9-12,15,19H,4-8,13H2,1-3H3,(H2,22,23,26)/t19-/m1/s1. The third-order valence-corrected chi connectivity index (χ3v) is 5.41. The fraction of sp³-hybridized carbons (Fsp3) is 0.524. The largest absolute Gasteiger partial charge is 0.462 e. The van der Waals surface area contributed by atoms with Crippen LogP contribution in [0.5, 0.6) is 0 Å². The van der Waals surface area contributed by atoms with E-state index in [4.69, 9.17) is 4.74 Å². The number of ether oxygens (including phenoxy) is 1. The van der Waals surface area contributed by atoms with Gasteiger partial charge in [-0.1, -0.05) is 31.4 Å². The summed E-state index contributed by atoms with van der Waals surface area (Å²) >= 11 is 0. The summed E-state index contributed by atoms with van der Waals surface area (Å²) in [6, 6.07) is 7.01. The summed E-state index contributed by atoms with van der Waals surface area (Å²) in [6.07, 6.45) is 5.94. The summed E-state index contributed by atoms with van der Waals surface area (Å²) in [7, 11) is 3.94. The van der Waals surface area contributed by atoms with E-state index in [2.05, 4.69) is 10.6 Å². The lowest BCUT2D eigenvalue weighted by molar-refractivity contribution is -0.141. The number of urea groups is 1. The number of nitrogens with one attached hydrogen (secondary N) is 2. The van der Waals surface area contributed by atoms with Gasteiger partial charge in [-0.25, -0.2) is 9.59 Å². The zero-order chi connectivity index (χ0) is 19.4. The minimum absolute atomic E-state index is 0.307. The molecule has 0 aromatic heterocycles. The maximum Gasteiger partial charge on any atom is 0.338 e. The molecule has 1 aliphatic carbocycles. The van der Waals surface area contributed by atoms with Crippen molar-refractivity contribution < 1.29 is 14.3 Å². The number of nitrogens with zero attached hydrogens (tertiary/aromatic N) is 1. The summed E-state index contributed by atoms with van der Waals surface area (Å²) in [5.41, 5.74) is 2.94. The normalized spacial score (nSPS) is 20.7. The van der Waals surface area contributed by atoms with Crippen molar-refractivity contribution in [3.05, 3.63) is 41.1 Å². The minimum atomic E-state index is -0.506. The van der Waals surface area contributed by atoms with Crippen LogP contribution in [-0.4, -0.2) is 32.7 Å². The monoisotopic (exact) mass is 371 g/mol. The smallest absolute Gasteiger partial charge is 0.338 e. The first kappa shape index (κ1) is 19.3. The van der Waals surface area contributed by atoms with Gasteiger partial charge >= 0.3 is 12.0 Å². The Morgan fingerprint density at radius 3 is 2.44 bits per heavy atom. The highest BCUT2D eigenvalue weighted by molar-refractivity contribution is 5.95. The number of hydrogen-bond acceptors (Lipinski definition) is 4. The van der Waals surface area contributed by atoms with Crippen molar-refractivity contribution in [3.8, 4) is 0 Å². The van der Waals surface area contributed by atoms with E-state index in [1.54, 1.807) is 6.92 Å². The van der Waals surface area contributed by atoms with Crippen molar-refractivity contribution >= 4 is 17.7 Å². The number of esters is 1. The molecule has 27 heavy (non-hydrogen) atoms. The first-order valence-corrected chi connectivity index (χ1v) is 9.68. The Morgan fingerprint density at radius 1 is 1.15 bits per heavy atom. The van der Waals surface area contributed by atoms with Gasteiger partial charge in [-0.05, 0) is 43.4 Å². The van der Waals surface area contributed by atoms with Crippen LogP contribution in [0.1, 0.15) is 50.6 Å². The molecular weight excluding hydrogens is 342 g/mol. The van der Waals surface area contributed by atoms with Crippen molar-refractivity contribution in [3.63, 3.8) is 0 Å². The van der Waals surface area contributed by atoms with Gasteiger partial charge in [0.1, 0.15) is 0 Å². The number of hydrogen-bond donors (Lipinski definition) is 2. The average molecular weight is 371 g/mol. The zero-order valence-corrected chi connectivity index (χ0v) is 16.4. The number of carbonyl (C=O) groups excluding carboxylic acids is 2. The lowest BCUT2D eigenvalue weighted by atomic mass is 9.90. The maximum absolute atomic E-state index is 12.8. The van der Waals surface area contributed by atoms with E-state index in [1.807, 2.05) is 43.3 Å². The highest BCUT2D eigenvalue weighted by Gasteiger charge is 2.32. The molecule has 2 aliphatic rings. The van der Waals surface area contributed by atoms with Gasteiger partial charge in [0.2, 0.25) is 0 Å². The molecule has 0 saturated heterocycles. The molecule has 6 heteroatoms. The molecule has 2 N–H and O–H groups in total. The van der Waals surface area contributed by atoms with Gasteiger partial charge in [-0.2, -0.15) is 0 Å². The van der Waals surface area contributed by atoms with E-state index >= 15 is 0 Å². The molecule has 1 aliphatic heterocycles. The van der Waals surface area contributed by atoms with Crippen LogP contribution >= 0.6 is 0 Å². The number of amides is 2. The summed E-state index contributed by atoms with van der Waals surface area (Å²) in [6.45, 7) is 2.20. The number of carbonyl (C=O) groups is 2. The molecule has 1 atom stereocenters. The van der Waals surface area contributed by atoms with Crippen LogP contribution in [0.25, 0.3) is 0 Å². The van der Waals surface area contributed by atoms with E-state index in [0.717, 1.165) is 24.1 Å². The second-order valence-electron chi connectivity index (χ2n) is 7.66. The molecule has 1 aromatic rings. The zero-order valence-electron chi connectivity index (χ0n) is 16.4. The number of allylic oxidation sites excluding steroid dienone is 1. The first-order chi connectivity index (χ1) is 13.0. The summed E-state index contributed by atoms with van der Waals surface area (Å²) < 4.78 is 5.64. The van der Waals surface area contributed by atoms with Crippen LogP contribution in [0.15, 0.2) is 35.5 Å². The van der Waals surface area contributed by atoms with Gasteiger partial charge in [-0.15, -0.1) is 0 Å². The topological polar surface area (TPSA) is 70.7 Å². The van der Waals surface area contributed by atoms with Gasteiger partial charge in [0.15, 0.2) is 0 Å². The molecule has 0 bridgehead atoms. The van der Waals surface area contributed by atoms with E-state index in [1.165, 1.54) is 19.3 Å². The molecule has 2 amide bonds.